The molecule has 4 rings (SSSR count). The van der Waals surface area contributed by atoms with Gasteiger partial charge in [-0.05, 0) is 55.2 Å². The van der Waals surface area contributed by atoms with Gasteiger partial charge in [0, 0.05) is 25.1 Å². The Kier molecular flexibility index (Phi) is 4.45. The van der Waals surface area contributed by atoms with E-state index in [0.29, 0.717) is 24.9 Å². The maximum absolute atomic E-state index is 12.5. The van der Waals surface area contributed by atoms with Crippen molar-refractivity contribution < 1.29 is 18.7 Å². The van der Waals surface area contributed by atoms with Crippen molar-refractivity contribution in [3.63, 3.8) is 0 Å². The molecule has 2 aromatic rings. The number of benzene rings is 1. The number of nitrogens with zero attached hydrogens (tertiary/aromatic N) is 1. The lowest BCUT2D eigenvalue weighted by molar-refractivity contribution is -0.126. The molecular weight excluding hydrogens is 330 g/mol. The van der Waals surface area contributed by atoms with Gasteiger partial charge >= 0.3 is 0 Å². The molecule has 26 heavy (non-hydrogen) atoms. The molecule has 0 N–H and O–H groups in total. The highest BCUT2D eigenvalue weighted by Gasteiger charge is 2.36. The van der Waals surface area contributed by atoms with Crippen molar-refractivity contribution in [1.82, 2.24) is 4.90 Å². The van der Waals surface area contributed by atoms with Crippen LogP contribution in [0.15, 0.2) is 40.8 Å². The molecular formula is C21H23NO4. The second-order valence-corrected chi connectivity index (χ2v) is 6.93. The summed E-state index contributed by atoms with van der Waals surface area (Å²) in [5, 5.41) is 0. The Morgan fingerprint density at radius 2 is 2.04 bits per heavy atom. The quantitative estimate of drug-likeness (QED) is 0.731. The number of hydrogen-bond acceptors (Lipinski definition) is 4. The summed E-state index contributed by atoms with van der Waals surface area (Å²) in [7, 11) is 0. The van der Waals surface area contributed by atoms with Gasteiger partial charge in [-0.15, -0.1) is 0 Å². The number of hydrogen-bond donors (Lipinski definition) is 0. The molecule has 5 nitrogen and oxygen atoms in total. The maximum Gasteiger partial charge on any atom is 0.246 e. The van der Waals surface area contributed by atoms with E-state index in [-0.39, 0.29) is 12.7 Å². The summed E-state index contributed by atoms with van der Waals surface area (Å²) in [6.07, 6.45) is 4.52. The van der Waals surface area contributed by atoms with E-state index in [1.807, 2.05) is 37.3 Å². The van der Waals surface area contributed by atoms with Crippen LogP contribution in [0.2, 0.25) is 0 Å². The van der Waals surface area contributed by atoms with Crippen molar-refractivity contribution in [2.45, 2.75) is 32.7 Å². The first kappa shape index (κ1) is 16.8. The minimum atomic E-state index is -0.0390. The number of likely N-dealkylation sites (N-methyl/N-ethyl adjacent to an activating group) is 1. The fourth-order valence-corrected chi connectivity index (χ4v) is 3.24. The molecule has 0 saturated heterocycles. The fraction of sp³-hybridized carbons (Fsp3) is 0.381. The highest BCUT2D eigenvalue weighted by Crippen LogP contribution is 2.47. The van der Waals surface area contributed by atoms with Crippen LogP contribution in [0.25, 0.3) is 6.08 Å². The molecule has 1 fully saturated rings. The minimum Gasteiger partial charge on any atom is -0.461 e. The summed E-state index contributed by atoms with van der Waals surface area (Å²) >= 11 is 0. The van der Waals surface area contributed by atoms with Gasteiger partial charge in [0.05, 0.1) is 0 Å². The molecule has 2 aliphatic rings. The monoisotopic (exact) mass is 353 g/mol. The van der Waals surface area contributed by atoms with Gasteiger partial charge in [-0.25, -0.2) is 0 Å². The van der Waals surface area contributed by atoms with Gasteiger partial charge in [0.1, 0.15) is 11.5 Å². The SMILES string of the molecule is CCN(Cc1ccc2c(c1)OCO2)C(=O)/C=C/c1ccc(C2CC2C)o1. The predicted molar refractivity (Wildman–Crippen MR) is 97.9 cm³/mol. The molecule has 1 aliphatic heterocycles. The van der Waals surface area contributed by atoms with Crippen LogP contribution in [0.4, 0.5) is 0 Å². The molecule has 2 unspecified atom stereocenters. The predicted octanol–water partition coefficient (Wildman–Crippen LogP) is 4.19. The van der Waals surface area contributed by atoms with Crippen molar-refractivity contribution in [3.8, 4) is 11.5 Å². The molecule has 5 heteroatoms. The van der Waals surface area contributed by atoms with Gasteiger partial charge in [0.25, 0.3) is 0 Å². The van der Waals surface area contributed by atoms with Gasteiger partial charge in [-0.3, -0.25) is 4.79 Å². The third-order valence-corrected chi connectivity index (χ3v) is 5.02. The number of ether oxygens (including phenoxy) is 2. The van der Waals surface area contributed by atoms with Crippen molar-refractivity contribution in [3.05, 3.63) is 53.5 Å². The molecule has 136 valence electrons. The van der Waals surface area contributed by atoms with Crippen molar-refractivity contribution >= 4 is 12.0 Å². The third-order valence-electron chi connectivity index (χ3n) is 5.02. The van der Waals surface area contributed by atoms with Gasteiger partial charge in [0.2, 0.25) is 12.7 Å². The van der Waals surface area contributed by atoms with Gasteiger partial charge < -0.3 is 18.8 Å². The normalized spacial score (nSPS) is 20.5. The number of rotatable bonds is 6. The molecule has 1 amide bonds. The van der Waals surface area contributed by atoms with E-state index in [0.717, 1.165) is 28.6 Å². The van der Waals surface area contributed by atoms with Crippen molar-refractivity contribution in [2.24, 2.45) is 5.92 Å². The second-order valence-electron chi connectivity index (χ2n) is 6.93. The molecule has 0 spiro atoms. The molecule has 2 atom stereocenters. The number of fused-ring (bicyclic) bond motifs is 1. The topological polar surface area (TPSA) is 51.9 Å². The average Bonchev–Trinajstić information content (AvgIpc) is 3.05. The zero-order chi connectivity index (χ0) is 18.1. The van der Waals surface area contributed by atoms with Gasteiger partial charge in [0.15, 0.2) is 11.5 Å². The molecule has 1 aromatic carbocycles. The Morgan fingerprint density at radius 1 is 1.23 bits per heavy atom. The van der Waals surface area contributed by atoms with Crippen LogP contribution in [0.3, 0.4) is 0 Å². The van der Waals surface area contributed by atoms with Crippen molar-refractivity contribution in [2.75, 3.05) is 13.3 Å². The second kappa shape index (κ2) is 6.90. The van der Waals surface area contributed by atoms with E-state index in [2.05, 4.69) is 6.92 Å². The molecule has 0 bridgehead atoms. The summed E-state index contributed by atoms with van der Waals surface area (Å²) in [6, 6.07) is 9.72. The highest BCUT2D eigenvalue weighted by atomic mass is 16.7. The first-order valence-corrected chi connectivity index (χ1v) is 9.09. The fourth-order valence-electron chi connectivity index (χ4n) is 3.24. The van der Waals surface area contributed by atoms with Crippen LogP contribution in [-0.2, 0) is 11.3 Å². The molecule has 1 aliphatic carbocycles. The molecule has 0 radical (unpaired) electrons. The summed E-state index contributed by atoms with van der Waals surface area (Å²) in [4.78, 5) is 14.3. The van der Waals surface area contributed by atoms with Crippen LogP contribution < -0.4 is 9.47 Å². The van der Waals surface area contributed by atoms with E-state index in [9.17, 15) is 4.79 Å². The molecule has 1 saturated carbocycles. The largest absolute Gasteiger partial charge is 0.461 e. The summed E-state index contributed by atoms with van der Waals surface area (Å²) in [5.41, 5.74) is 1.01. The highest BCUT2D eigenvalue weighted by molar-refractivity contribution is 5.91. The van der Waals surface area contributed by atoms with Crippen LogP contribution in [0.5, 0.6) is 11.5 Å². The summed E-state index contributed by atoms with van der Waals surface area (Å²) < 4.78 is 16.5. The Balaban J connectivity index is 1.39. The maximum atomic E-state index is 12.5. The van der Waals surface area contributed by atoms with E-state index in [1.54, 1.807) is 17.1 Å². The van der Waals surface area contributed by atoms with E-state index in [4.69, 9.17) is 13.9 Å². The van der Waals surface area contributed by atoms with E-state index < -0.39 is 0 Å². The number of furan rings is 1. The molecule has 1 aromatic heterocycles. The zero-order valence-corrected chi connectivity index (χ0v) is 15.1. The lowest BCUT2D eigenvalue weighted by Gasteiger charge is -2.19. The lowest BCUT2D eigenvalue weighted by atomic mass is 10.2. The number of amides is 1. The summed E-state index contributed by atoms with van der Waals surface area (Å²) in [5.74, 6) is 4.45. The Labute approximate surface area is 153 Å². The Morgan fingerprint density at radius 3 is 2.81 bits per heavy atom. The number of carbonyl (C=O) groups is 1. The van der Waals surface area contributed by atoms with Crippen LogP contribution in [0, 0.1) is 5.92 Å². The first-order chi connectivity index (χ1) is 12.6. The first-order valence-electron chi connectivity index (χ1n) is 9.09. The minimum absolute atomic E-state index is 0.0390. The van der Waals surface area contributed by atoms with Crippen molar-refractivity contribution in [1.29, 1.82) is 0 Å². The Hall–Kier alpha value is -2.69. The third kappa shape index (κ3) is 3.47. The smallest absolute Gasteiger partial charge is 0.246 e. The van der Waals surface area contributed by atoms with Gasteiger partial charge in [-0.1, -0.05) is 13.0 Å². The standard InChI is InChI=1S/C21H23NO4/c1-3-22(12-15-4-7-19-20(11-15)25-13-24-19)21(23)9-6-16-5-8-18(26-16)17-10-14(17)2/h4-9,11,14,17H,3,10,12-13H2,1-2H3/b9-6+. The van der Waals surface area contributed by atoms with Gasteiger partial charge in [-0.2, -0.15) is 0 Å². The summed E-state index contributed by atoms with van der Waals surface area (Å²) in [6.45, 7) is 5.60. The van der Waals surface area contributed by atoms with Crippen LogP contribution in [-0.4, -0.2) is 24.1 Å². The molecule has 2 heterocycles. The Bertz CT molecular complexity index is 838. The van der Waals surface area contributed by atoms with E-state index in [1.165, 1.54) is 6.42 Å². The lowest BCUT2D eigenvalue weighted by Crippen LogP contribution is -2.28. The van der Waals surface area contributed by atoms with Crippen LogP contribution >= 0.6 is 0 Å². The van der Waals surface area contributed by atoms with Crippen LogP contribution in [0.1, 0.15) is 43.3 Å². The van der Waals surface area contributed by atoms with E-state index >= 15 is 0 Å². The number of carbonyl (C=O) groups excluding carboxylic acids is 1. The average molecular weight is 353 g/mol. The zero-order valence-electron chi connectivity index (χ0n) is 15.1.